The standard InChI is InChI=1S/C16H22ClN5OS/c1-10(11-7-5-6-8-12(11)17)19-13(23)9-24-15-21-20-14(22(15)18)16(2,3)4/h5-8,10H,9,18H2,1-4H3,(H,19,23). The van der Waals surface area contributed by atoms with Crippen LogP contribution in [0.15, 0.2) is 29.4 Å². The number of nitrogens with one attached hydrogen (secondary N) is 1. The number of benzene rings is 1. The largest absolute Gasteiger partial charge is 0.349 e. The topological polar surface area (TPSA) is 85.8 Å². The van der Waals surface area contributed by atoms with Crippen molar-refractivity contribution in [3.8, 4) is 0 Å². The van der Waals surface area contributed by atoms with Gasteiger partial charge in [-0.1, -0.05) is 62.3 Å². The summed E-state index contributed by atoms with van der Waals surface area (Å²) >= 11 is 7.40. The van der Waals surface area contributed by atoms with Crippen LogP contribution in [0, 0.1) is 0 Å². The maximum absolute atomic E-state index is 12.2. The number of hydrogen-bond donors (Lipinski definition) is 2. The predicted molar refractivity (Wildman–Crippen MR) is 97.6 cm³/mol. The molecular weight excluding hydrogens is 346 g/mol. The number of nitrogens with two attached hydrogens (primary N) is 1. The SMILES string of the molecule is CC(NC(=O)CSc1nnc(C(C)(C)C)n1N)c1ccccc1Cl. The van der Waals surface area contributed by atoms with Crippen LogP contribution in [-0.4, -0.2) is 26.5 Å². The van der Waals surface area contributed by atoms with E-state index in [1.807, 2.05) is 45.9 Å². The quantitative estimate of drug-likeness (QED) is 0.626. The fourth-order valence-corrected chi connectivity index (χ4v) is 3.17. The lowest BCUT2D eigenvalue weighted by molar-refractivity contribution is -0.119. The van der Waals surface area contributed by atoms with Crippen molar-refractivity contribution in [3.05, 3.63) is 40.7 Å². The van der Waals surface area contributed by atoms with E-state index in [0.717, 1.165) is 5.56 Å². The predicted octanol–water partition coefficient (Wildman–Crippen LogP) is 2.91. The normalized spacial score (nSPS) is 12.9. The molecule has 0 spiro atoms. The van der Waals surface area contributed by atoms with Crippen molar-refractivity contribution in [1.29, 1.82) is 0 Å². The average molecular weight is 368 g/mol. The molecular formula is C16H22ClN5OS. The summed E-state index contributed by atoms with van der Waals surface area (Å²) in [5.74, 6) is 6.77. The van der Waals surface area contributed by atoms with E-state index in [2.05, 4.69) is 15.5 Å². The number of thioether (sulfide) groups is 1. The molecule has 0 aliphatic heterocycles. The molecule has 1 unspecified atom stereocenters. The van der Waals surface area contributed by atoms with Gasteiger partial charge in [0.25, 0.3) is 0 Å². The number of nitrogens with zero attached hydrogens (tertiary/aromatic N) is 3. The first-order valence-corrected chi connectivity index (χ1v) is 8.94. The lowest BCUT2D eigenvalue weighted by Gasteiger charge is -2.17. The monoisotopic (exact) mass is 367 g/mol. The molecule has 1 atom stereocenters. The summed E-state index contributed by atoms with van der Waals surface area (Å²) in [6.07, 6.45) is 0. The molecule has 3 N–H and O–H groups in total. The highest BCUT2D eigenvalue weighted by Gasteiger charge is 2.23. The van der Waals surface area contributed by atoms with Gasteiger partial charge in [0.1, 0.15) is 0 Å². The molecule has 1 amide bonds. The van der Waals surface area contributed by atoms with Crippen molar-refractivity contribution in [1.82, 2.24) is 20.2 Å². The Morgan fingerprint density at radius 3 is 2.62 bits per heavy atom. The smallest absolute Gasteiger partial charge is 0.230 e. The number of aromatic nitrogens is 3. The molecule has 2 rings (SSSR count). The Morgan fingerprint density at radius 1 is 1.38 bits per heavy atom. The van der Waals surface area contributed by atoms with Crippen LogP contribution in [0.3, 0.4) is 0 Å². The molecule has 0 saturated carbocycles. The van der Waals surface area contributed by atoms with Gasteiger partial charge in [-0.15, -0.1) is 10.2 Å². The van der Waals surface area contributed by atoms with E-state index in [-0.39, 0.29) is 23.1 Å². The molecule has 130 valence electrons. The first-order valence-electron chi connectivity index (χ1n) is 7.57. The van der Waals surface area contributed by atoms with Crippen molar-refractivity contribution in [2.75, 3.05) is 11.6 Å². The number of rotatable bonds is 5. The third-order valence-electron chi connectivity index (χ3n) is 3.42. The molecule has 1 aromatic heterocycles. The van der Waals surface area contributed by atoms with Gasteiger partial charge in [0.15, 0.2) is 5.82 Å². The summed E-state index contributed by atoms with van der Waals surface area (Å²) in [5.41, 5.74) is 0.677. The van der Waals surface area contributed by atoms with Crippen molar-refractivity contribution in [2.24, 2.45) is 0 Å². The molecule has 6 nitrogen and oxygen atoms in total. The Balaban J connectivity index is 1.95. The second kappa shape index (κ2) is 7.44. The van der Waals surface area contributed by atoms with E-state index in [0.29, 0.717) is 16.0 Å². The van der Waals surface area contributed by atoms with Gasteiger partial charge in [-0.3, -0.25) is 4.79 Å². The summed E-state index contributed by atoms with van der Waals surface area (Å²) in [5, 5.41) is 12.2. The molecule has 0 bridgehead atoms. The Kier molecular flexibility index (Phi) is 5.77. The number of hydrogen-bond acceptors (Lipinski definition) is 5. The fourth-order valence-electron chi connectivity index (χ4n) is 2.20. The van der Waals surface area contributed by atoms with E-state index in [4.69, 9.17) is 17.4 Å². The van der Waals surface area contributed by atoms with Crippen LogP contribution in [0.4, 0.5) is 0 Å². The zero-order valence-corrected chi connectivity index (χ0v) is 15.8. The highest BCUT2D eigenvalue weighted by molar-refractivity contribution is 7.99. The van der Waals surface area contributed by atoms with Gasteiger partial charge < -0.3 is 11.2 Å². The summed E-state index contributed by atoms with van der Waals surface area (Å²) in [7, 11) is 0. The molecule has 24 heavy (non-hydrogen) atoms. The molecule has 0 radical (unpaired) electrons. The fraction of sp³-hybridized carbons (Fsp3) is 0.438. The molecule has 0 aliphatic rings. The van der Waals surface area contributed by atoms with Crippen LogP contribution in [0.2, 0.25) is 5.02 Å². The van der Waals surface area contributed by atoms with Gasteiger partial charge in [0.05, 0.1) is 11.8 Å². The molecule has 0 aliphatic carbocycles. The zero-order valence-electron chi connectivity index (χ0n) is 14.2. The average Bonchev–Trinajstić information content (AvgIpc) is 2.86. The summed E-state index contributed by atoms with van der Waals surface area (Å²) in [6.45, 7) is 7.92. The second-order valence-electron chi connectivity index (χ2n) is 6.53. The van der Waals surface area contributed by atoms with Crippen molar-refractivity contribution < 1.29 is 4.79 Å². The van der Waals surface area contributed by atoms with Crippen LogP contribution < -0.4 is 11.2 Å². The van der Waals surface area contributed by atoms with Crippen LogP contribution in [0.25, 0.3) is 0 Å². The minimum absolute atomic E-state index is 0.118. The Morgan fingerprint density at radius 2 is 2.04 bits per heavy atom. The number of nitrogen functional groups attached to an aromatic ring is 1. The summed E-state index contributed by atoms with van der Waals surface area (Å²) in [6, 6.07) is 7.28. The molecule has 0 saturated heterocycles. The van der Waals surface area contributed by atoms with E-state index in [9.17, 15) is 4.79 Å². The van der Waals surface area contributed by atoms with E-state index < -0.39 is 0 Å². The number of carbonyl (C=O) groups is 1. The maximum atomic E-state index is 12.2. The van der Waals surface area contributed by atoms with E-state index in [1.54, 1.807) is 6.07 Å². The minimum Gasteiger partial charge on any atom is -0.349 e. The molecule has 1 aromatic carbocycles. The van der Waals surface area contributed by atoms with E-state index in [1.165, 1.54) is 16.4 Å². The first kappa shape index (κ1) is 18.6. The number of carbonyl (C=O) groups excluding carboxylic acids is 1. The highest BCUT2D eigenvalue weighted by Crippen LogP contribution is 2.24. The molecule has 1 heterocycles. The highest BCUT2D eigenvalue weighted by atomic mass is 35.5. The van der Waals surface area contributed by atoms with Gasteiger partial charge in [0.2, 0.25) is 11.1 Å². The molecule has 2 aromatic rings. The van der Waals surface area contributed by atoms with Crippen LogP contribution in [0.5, 0.6) is 0 Å². The Bertz CT molecular complexity index is 725. The van der Waals surface area contributed by atoms with Gasteiger partial charge in [-0.2, -0.15) is 0 Å². The van der Waals surface area contributed by atoms with Crippen LogP contribution in [-0.2, 0) is 10.2 Å². The number of halogens is 1. The lowest BCUT2D eigenvalue weighted by Crippen LogP contribution is -2.29. The summed E-state index contributed by atoms with van der Waals surface area (Å²) in [4.78, 5) is 12.2. The Labute approximate surface area is 151 Å². The van der Waals surface area contributed by atoms with Gasteiger partial charge in [-0.25, -0.2) is 4.68 Å². The van der Waals surface area contributed by atoms with E-state index >= 15 is 0 Å². The minimum atomic E-state index is -0.207. The van der Waals surface area contributed by atoms with Gasteiger partial charge in [-0.05, 0) is 18.6 Å². The van der Waals surface area contributed by atoms with Crippen molar-refractivity contribution >= 4 is 29.3 Å². The first-order chi connectivity index (χ1) is 11.2. The third kappa shape index (κ3) is 4.42. The van der Waals surface area contributed by atoms with Crippen molar-refractivity contribution in [2.45, 2.75) is 44.3 Å². The molecule has 0 fully saturated rings. The maximum Gasteiger partial charge on any atom is 0.230 e. The second-order valence-corrected chi connectivity index (χ2v) is 7.88. The zero-order chi connectivity index (χ0) is 17.9. The third-order valence-corrected chi connectivity index (χ3v) is 4.70. The lowest BCUT2D eigenvalue weighted by atomic mass is 9.96. The Hall–Kier alpha value is -1.73. The van der Waals surface area contributed by atoms with Crippen molar-refractivity contribution in [3.63, 3.8) is 0 Å². The van der Waals surface area contributed by atoms with Gasteiger partial charge >= 0.3 is 0 Å². The number of amides is 1. The van der Waals surface area contributed by atoms with Gasteiger partial charge in [0, 0.05) is 10.4 Å². The van der Waals surface area contributed by atoms with Crippen LogP contribution >= 0.6 is 23.4 Å². The molecule has 8 heteroatoms. The van der Waals surface area contributed by atoms with Crippen LogP contribution in [0.1, 0.15) is 45.1 Å². The summed E-state index contributed by atoms with van der Waals surface area (Å²) < 4.78 is 1.44.